The van der Waals surface area contributed by atoms with Gasteiger partial charge in [0, 0.05) is 22.2 Å². The number of nitrogens with zero attached hydrogens (tertiary/aromatic N) is 1. The molecule has 0 unspecified atom stereocenters. The summed E-state index contributed by atoms with van der Waals surface area (Å²) in [5.41, 5.74) is 3.08. The number of rotatable bonds is 2. The molecule has 3 heteroatoms. The van der Waals surface area contributed by atoms with Gasteiger partial charge in [0.15, 0.2) is 0 Å². The molecule has 0 fully saturated rings. The van der Waals surface area contributed by atoms with Crippen molar-refractivity contribution < 1.29 is 9.90 Å². The van der Waals surface area contributed by atoms with Crippen LogP contribution in [0.25, 0.3) is 0 Å². The Labute approximate surface area is 153 Å². The first kappa shape index (κ1) is 16.4. The second kappa shape index (κ2) is 6.03. The van der Waals surface area contributed by atoms with E-state index in [2.05, 4.69) is 19.9 Å². The van der Waals surface area contributed by atoms with Gasteiger partial charge in [-0.15, -0.1) is 0 Å². The van der Waals surface area contributed by atoms with Crippen molar-refractivity contribution in [2.75, 3.05) is 4.90 Å². The monoisotopic (exact) mass is 343 g/mol. The smallest absolute Gasteiger partial charge is 0.258 e. The van der Waals surface area contributed by atoms with E-state index in [1.54, 1.807) is 12.1 Å². The lowest BCUT2D eigenvalue weighted by Gasteiger charge is -2.34. The summed E-state index contributed by atoms with van der Waals surface area (Å²) in [7, 11) is 0. The molecule has 3 aromatic rings. The van der Waals surface area contributed by atoms with E-state index in [-0.39, 0.29) is 23.1 Å². The third kappa shape index (κ3) is 2.39. The fourth-order valence-electron chi connectivity index (χ4n) is 4.03. The largest absolute Gasteiger partial charge is 0.508 e. The SMILES string of the molecule is CC1(C)c2ccccc2N(C(=O)c2ccccc2)[C@@H]1c1ccccc1O. The molecule has 1 aliphatic heterocycles. The zero-order valence-electron chi connectivity index (χ0n) is 14.9. The normalized spacial score (nSPS) is 17.8. The third-order valence-corrected chi connectivity index (χ3v) is 5.27. The van der Waals surface area contributed by atoms with Crippen molar-refractivity contribution in [1.82, 2.24) is 0 Å². The maximum atomic E-state index is 13.4. The lowest BCUT2D eigenvalue weighted by molar-refractivity contribution is 0.0971. The number of phenols is 1. The number of para-hydroxylation sites is 2. The Morgan fingerprint density at radius 1 is 0.885 bits per heavy atom. The highest BCUT2D eigenvalue weighted by Gasteiger charge is 2.48. The van der Waals surface area contributed by atoms with Gasteiger partial charge >= 0.3 is 0 Å². The number of fused-ring (bicyclic) bond motifs is 1. The van der Waals surface area contributed by atoms with Crippen LogP contribution in [0.4, 0.5) is 5.69 Å². The summed E-state index contributed by atoms with van der Waals surface area (Å²) in [5, 5.41) is 10.5. The molecule has 1 aliphatic rings. The fourth-order valence-corrected chi connectivity index (χ4v) is 4.03. The van der Waals surface area contributed by atoms with Crippen molar-refractivity contribution in [3.8, 4) is 5.75 Å². The van der Waals surface area contributed by atoms with Gasteiger partial charge in [-0.2, -0.15) is 0 Å². The standard InChI is InChI=1S/C23H21NO2/c1-23(2)18-13-7-8-14-19(18)24(22(26)16-10-4-3-5-11-16)21(23)17-12-6-9-15-20(17)25/h3-15,21,25H,1-2H3/t21-/m1/s1. The quantitative estimate of drug-likeness (QED) is 0.705. The van der Waals surface area contributed by atoms with Crippen LogP contribution < -0.4 is 4.90 Å². The van der Waals surface area contributed by atoms with E-state index in [1.165, 1.54) is 0 Å². The molecule has 0 spiro atoms. The number of carbonyl (C=O) groups is 1. The lowest BCUT2D eigenvalue weighted by Crippen LogP contribution is -2.38. The Bertz CT molecular complexity index is 963. The zero-order chi connectivity index (χ0) is 18.3. The number of benzene rings is 3. The Hall–Kier alpha value is -3.07. The van der Waals surface area contributed by atoms with E-state index in [0.717, 1.165) is 16.8 Å². The molecule has 3 aromatic carbocycles. The average molecular weight is 343 g/mol. The number of anilines is 1. The Balaban J connectivity index is 1.93. The number of carbonyl (C=O) groups excluding carboxylic acids is 1. The third-order valence-electron chi connectivity index (χ3n) is 5.27. The minimum Gasteiger partial charge on any atom is -0.508 e. The van der Waals surface area contributed by atoms with Gasteiger partial charge in [0.05, 0.1) is 6.04 Å². The Morgan fingerprint density at radius 3 is 2.23 bits per heavy atom. The van der Waals surface area contributed by atoms with Gasteiger partial charge in [0.1, 0.15) is 5.75 Å². The van der Waals surface area contributed by atoms with Crippen LogP contribution in [-0.2, 0) is 5.41 Å². The number of phenolic OH excluding ortho intramolecular Hbond substituents is 1. The van der Waals surface area contributed by atoms with Crippen molar-refractivity contribution >= 4 is 11.6 Å². The van der Waals surface area contributed by atoms with Crippen molar-refractivity contribution in [1.29, 1.82) is 0 Å². The van der Waals surface area contributed by atoms with Gasteiger partial charge in [0.25, 0.3) is 5.91 Å². The van der Waals surface area contributed by atoms with Crippen molar-refractivity contribution in [3.05, 3.63) is 95.6 Å². The highest BCUT2D eigenvalue weighted by atomic mass is 16.3. The van der Waals surface area contributed by atoms with E-state index in [9.17, 15) is 9.90 Å². The molecule has 0 aliphatic carbocycles. The molecular formula is C23H21NO2. The summed E-state index contributed by atoms with van der Waals surface area (Å²) in [6.45, 7) is 4.25. The summed E-state index contributed by atoms with van der Waals surface area (Å²) in [5.74, 6) is 0.154. The van der Waals surface area contributed by atoms with Crippen molar-refractivity contribution in [3.63, 3.8) is 0 Å². The van der Waals surface area contributed by atoms with E-state index in [1.807, 2.05) is 65.6 Å². The van der Waals surface area contributed by atoms with Gasteiger partial charge in [-0.05, 0) is 29.8 Å². The number of hydrogen-bond acceptors (Lipinski definition) is 2. The summed E-state index contributed by atoms with van der Waals surface area (Å²) < 4.78 is 0. The second-order valence-corrected chi connectivity index (χ2v) is 7.24. The van der Waals surface area contributed by atoms with Crippen molar-refractivity contribution in [2.45, 2.75) is 25.3 Å². The minimum atomic E-state index is -0.333. The summed E-state index contributed by atoms with van der Waals surface area (Å²) in [6, 6.07) is 24.3. The molecule has 26 heavy (non-hydrogen) atoms. The van der Waals surface area contributed by atoms with E-state index >= 15 is 0 Å². The van der Waals surface area contributed by atoms with Gasteiger partial charge in [-0.1, -0.05) is 68.4 Å². The predicted octanol–water partition coefficient (Wildman–Crippen LogP) is 5.07. The van der Waals surface area contributed by atoms with E-state index in [0.29, 0.717) is 5.56 Å². The molecule has 0 bridgehead atoms. The van der Waals surface area contributed by atoms with Crippen LogP contribution in [0.5, 0.6) is 5.75 Å². The van der Waals surface area contributed by atoms with Crippen molar-refractivity contribution in [2.24, 2.45) is 0 Å². The number of aromatic hydroxyl groups is 1. The minimum absolute atomic E-state index is 0.0584. The van der Waals surface area contributed by atoms with Gasteiger partial charge < -0.3 is 5.11 Å². The van der Waals surface area contributed by atoms with E-state index < -0.39 is 0 Å². The molecule has 1 amide bonds. The van der Waals surface area contributed by atoms with Crippen LogP contribution in [0, 0.1) is 0 Å². The average Bonchev–Trinajstić information content (AvgIpc) is 2.90. The molecule has 3 nitrogen and oxygen atoms in total. The molecule has 1 atom stereocenters. The first-order valence-corrected chi connectivity index (χ1v) is 8.78. The van der Waals surface area contributed by atoms with Crippen LogP contribution in [0.2, 0.25) is 0 Å². The maximum Gasteiger partial charge on any atom is 0.258 e. The fraction of sp³-hybridized carbons (Fsp3) is 0.174. The lowest BCUT2D eigenvalue weighted by atomic mass is 9.77. The number of hydrogen-bond donors (Lipinski definition) is 1. The topological polar surface area (TPSA) is 40.5 Å². The summed E-state index contributed by atoms with van der Waals surface area (Å²) in [6.07, 6.45) is 0. The summed E-state index contributed by atoms with van der Waals surface area (Å²) in [4.78, 5) is 15.3. The van der Waals surface area contributed by atoms with Gasteiger partial charge in [-0.3, -0.25) is 9.69 Å². The van der Waals surface area contributed by atoms with Crippen LogP contribution in [0.3, 0.4) is 0 Å². The molecule has 0 saturated heterocycles. The molecule has 1 N–H and O–H groups in total. The highest BCUT2D eigenvalue weighted by molar-refractivity contribution is 6.08. The van der Waals surface area contributed by atoms with E-state index in [4.69, 9.17) is 0 Å². The molecule has 130 valence electrons. The highest BCUT2D eigenvalue weighted by Crippen LogP contribution is 2.54. The van der Waals surface area contributed by atoms with Crippen LogP contribution in [0.1, 0.15) is 41.4 Å². The first-order valence-electron chi connectivity index (χ1n) is 8.78. The van der Waals surface area contributed by atoms with Crippen LogP contribution >= 0.6 is 0 Å². The molecule has 0 radical (unpaired) electrons. The number of amides is 1. The van der Waals surface area contributed by atoms with Gasteiger partial charge in [0.2, 0.25) is 0 Å². The maximum absolute atomic E-state index is 13.4. The molecule has 0 aromatic heterocycles. The second-order valence-electron chi connectivity index (χ2n) is 7.24. The van der Waals surface area contributed by atoms with Gasteiger partial charge in [-0.25, -0.2) is 0 Å². The molecule has 0 saturated carbocycles. The Morgan fingerprint density at radius 2 is 1.50 bits per heavy atom. The zero-order valence-corrected chi connectivity index (χ0v) is 14.9. The molecular weight excluding hydrogens is 322 g/mol. The molecule has 1 heterocycles. The van der Waals surface area contributed by atoms with Crippen LogP contribution in [0.15, 0.2) is 78.9 Å². The van der Waals surface area contributed by atoms with Crippen LogP contribution in [-0.4, -0.2) is 11.0 Å². The Kier molecular flexibility index (Phi) is 3.80. The summed E-state index contributed by atoms with van der Waals surface area (Å²) >= 11 is 0. The predicted molar refractivity (Wildman–Crippen MR) is 104 cm³/mol. The molecule has 4 rings (SSSR count). The first-order chi connectivity index (χ1) is 12.5.